The first kappa shape index (κ1) is 10.6. The summed E-state index contributed by atoms with van der Waals surface area (Å²) in [6.45, 7) is 0. The summed E-state index contributed by atoms with van der Waals surface area (Å²) in [6, 6.07) is 1.73. The second kappa shape index (κ2) is 4.28. The number of nitrogens with two attached hydrogens (primary N) is 2. The minimum Gasteiger partial charge on any atom is -0.405 e. The molecule has 0 saturated heterocycles. The summed E-state index contributed by atoms with van der Waals surface area (Å²) >= 11 is 6.10. The van der Waals surface area contributed by atoms with Gasteiger partial charge < -0.3 is 16.5 Å². The Morgan fingerprint density at radius 1 is 1.50 bits per heavy atom. The molecule has 0 fully saturated rings. The number of allylic oxidation sites excluding steroid dienone is 2. The Kier molecular flexibility index (Phi) is 2.83. The van der Waals surface area contributed by atoms with Crippen LogP contribution in [-0.2, 0) is 0 Å². The fourth-order valence-corrected chi connectivity index (χ4v) is 1.74. The molecule has 0 amide bonds. The molecule has 5 N–H and O–H groups in total. The van der Waals surface area contributed by atoms with Gasteiger partial charge in [0.2, 0.25) is 0 Å². The van der Waals surface area contributed by atoms with Gasteiger partial charge in [-0.3, -0.25) is 0 Å². The van der Waals surface area contributed by atoms with Crippen LogP contribution >= 0.6 is 11.6 Å². The van der Waals surface area contributed by atoms with Gasteiger partial charge in [-0.15, -0.1) is 0 Å². The van der Waals surface area contributed by atoms with Crippen molar-refractivity contribution in [2.45, 2.75) is 0 Å². The Hall–Kier alpha value is -1.94. The van der Waals surface area contributed by atoms with E-state index in [4.69, 9.17) is 23.1 Å². The lowest BCUT2D eigenvalue weighted by Gasteiger charge is -1.99. The summed E-state index contributed by atoms with van der Waals surface area (Å²) < 4.78 is 0. The topological polar surface area (TPSA) is 80.7 Å². The summed E-state index contributed by atoms with van der Waals surface area (Å²) in [7, 11) is 0. The number of halogens is 1. The summed E-state index contributed by atoms with van der Waals surface area (Å²) in [4.78, 5) is 7.17. The third kappa shape index (κ3) is 1.75. The van der Waals surface area contributed by atoms with Gasteiger partial charge >= 0.3 is 0 Å². The van der Waals surface area contributed by atoms with Crippen molar-refractivity contribution in [2.75, 3.05) is 0 Å². The molecule has 2 heterocycles. The fraction of sp³-hybridized carbons (Fsp3) is 0. The molecule has 0 atom stereocenters. The quantitative estimate of drug-likeness (QED) is 0.695. The number of H-pyrrole nitrogens is 1. The van der Waals surface area contributed by atoms with Gasteiger partial charge in [-0.1, -0.05) is 11.6 Å². The zero-order valence-electron chi connectivity index (χ0n) is 8.44. The number of aromatic nitrogens is 2. The molecule has 0 radical (unpaired) electrons. The third-order valence-electron chi connectivity index (χ3n) is 2.22. The van der Waals surface area contributed by atoms with Crippen LogP contribution in [0.2, 0.25) is 5.02 Å². The van der Waals surface area contributed by atoms with Gasteiger partial charge in [-0.2, -0.15) is 0 Å². The molecule has 82 valence electrons. The monoisotopic (exact) mass is 234 g/mol. The SMILES string of the molecule is N/C=C\C=C(/N)c1c[nH]c2nccc(Cl)c12. The number of rotatable bonds is 2. The molecule has 0 unspecified atom stereocenters. The number of fused-ring (bicyclic) bond motifs is 1. The largest absolute Gasteiger partial charge is 0.405 e. The van der Waals surface area contributed by atoms with Crippen molar-refractivity contribution in [3.05, 3.63) is 47.4 Å². The van der Waals surface area contributed by atoms with Crippen molar-refractivity contribution < 1.29 is 0 Å². The van der Waals surface area contributed by atoms with Gasteiger partial charge in [0.25, 0.3) is 0 Å². The Bertz CT molecular complexity index is 568. The summed E-state index contributed by atoms with van der Waals surface area (Å²) in [5, 5.41) is 1.44. The predicted molar refractivity (Wildman–Crippen MR) is 66.6 cm³/mol. The first-order valence-corrected chi connectivity index (χ1v) is 5.08. The van der Waals surface area contributed by atoms with E-state index in [-0.39, 0.29) is 0 Å². The highest BCUT2D eigenvalue weighted by atomic mass is 35.5. The van der Waals surface area contributed by atoms with Crippen molar-refractivity contribution in [1.29, 1.82) is 0 Å². The minimum absolute atomic E-state index is 0.586. The summed E-state index contributed by atoms with van der Waals surface area (Å²) in [5.41, 5.74) is 13.3. The maximum Gasteiger partial charge on any atom is 0.139 e. The van der Waals surface area contributed by atoms with Crippen molar-refractivity contribution in [1.82, 2.24) is 9.97 Å². The van der Waals surface area contributed by atoms with E-state index in [1.807, 2.05) is 0 Å². The number of pyridine rings is 1. The Morgan fingerprint density at radius 3 is 3.06 bits per heavy atom. The molecule has 0 aromatic carbocycles. The summed E-state index contributed by atoms with van der Waals surface area (Å²) in [6.07, 6.45) is 8.22. The van der Waals surface area contributed by atoms with Gasteiger partial charge in [0.05, 0.1) is 5.02 Å². The zero-order valence-corrected chi connectivity index (χ0v) is 9.20. The Labute approximate surface area is 97.6 Å². The van der Waals surface area contributed by atoms with Crippen LogP contribution in [0, 0.1) is 0 Å². The van der Waals surface area contributed by atoms with E-state index in [1.165, 1.54) is 6.20 Å². The van der Waals surface area contributed by atoms with Crippen molar-refractivity contribution in [3.63, 3.8) is 0 Å². The van der Waals surface area contributed by atoms with E-state index in [9.17, 15) is 0 Å². The van der Waals surface area contributed by atoms with Crippen LogP contribution in [0.15, 0.2) is 36.8 Å². The molecule has 0 aliphatic heterocycles. The molecule has 0 bridgehead atoms. The molecule has 0 saturated carbocycles. The number of hydrogen-bond acceptors (Lipinski definition) is 3. The van der Waals surface area contributed by atoms with Crippen LogP contribution in [0.3, 0.4) is 0 Å². The van der Waals surface area contributed by atoms with Gasteiger partial charge in [0.15, 0.2) is 0 Å². The first-order chi connectivity index (χ1) is 7.74. The van der Waals surface area contributed by atoms with Crippen LogP contribution in [0.1, 0.15) is 5.56 Å². The molecule has 5 heteroatoms. The van der Waals surface area contributed by atoms with Gasteiger partial charge in [-0.05, 0) is 24.4 Å². The molecule has 2 rings (SSSR count). The summed E-state index contributed by atoms with van der Waals surface area (Å²) in [5.74, 6) is 0. The van der Waals surface area contributed by atoms with Crippen molar-refractivity contribution in [3.8, 4) is 0 Å². The maximum atomic E-state index is 6.10. The van der Waals surface area contributed by atoms with E-state index < -0.39 is 0 Å². The minimum atomic E-state index is 0.586. The lowest BCUT2D eigenvalue weighted by atomic mass is 10.1. The average Bonchev–Trinajstić information content (AvgIpc) is 2.71. The molecule has 0 aliphatic rings. The van der Waals surface area contributed by atoms with Crippen molar-refractivity contribution in [2.24, 2.45) is 11.5 Å². The number of nitrogens with one attached hydrogen (secondary N) is 1. The second-order valence-electron chi connectivity index (χ2n) is 3.23. The molecular weight excluding hydrogens is 224 g/mol. The van der Waals surface area contributed by atoms with E-state index in [0.717, 1.165) is 16.6 Å². The molecule has 2 aromatic rings. The van der Waals surface area contributed by atoms with Crippen LogP contribution in [-0.4, -0.2) is 9.97 Å². The van der Waals surface area contributed by atoms with E-state index in [2.05, 4.69) is 9.97 Å². The number of aromatic amines is 1. The molecule has 2 aromatic heterocycles. The second-order valence-corrected chi connectivity index (χ2v) is 3.63. The Balaban J connectivity index is 2.62. The standard InChI is InChI=1S/C11H11ClN4/c12-8-3-5-15-11-10(8)7(6-16-11)9(14)2-1-4-13/h1-6H,13-14H2,(H,15,16)/b4-1-,9-2-. The van der Waals surface area contributed by atoms with Crippen LogP contribution < -0.4 is 11.5 Å². The lowest BCUT2D eigenvalue weighted by molar-refractivity contribution is 1.32. The predicted octanol–water partition coefficient (Wildman–Crippen LogP) is 1.99. The highest BCUT2D eigenvalue weighted by Gasteiger charge is 2.09. The van der Waals surface area contributed by atoms with Crippen molar-refractivity contribution >= 4 is 28.3 Å². The molecule has 16 heavy (non-hydrogen) atoms. The zero-order chi connectivity index (χ0) is 11.5. The van der Waals surface area contributed by atoms with Gasteiger partial charge in [0, 0.05) is 29.0 Å². The van der Waals surface area contributed by atoms with Crippen LogP contribution in [0.25, 0.3) is 16.7 Å². The van der Waals surface area contributed by atoms with Gasteiger partial charge in [-0.25, -0.2) is 4.98 Å². The molecule has 0 spiro atoms. The molecular formula is C11H11ClN4. The lowest BCUT2D eigenvalue weighted by Crippen LogP contribution is -1.95. The highest BCUT2D eigenvalue weighted by Crippen LogP contribution is 2.27. The Morgan fingerprint density at radius 2 is 2.31 bits per heavy atom. The normalized spacial score (nSPS) is 12.7. The maximum absolute atomic E-state index is 6.10. The van der Waals surface area contributed by atoms with Gasteiger partial charge in [0.1, 0.15) is 5.65 Å². The number of nitrogens with zero attached hydrogens (tertiary/aromatic N) is 1. The first-order valence-electron chi connectivity index (χ1n) is 4.70. The third-order valence-corrected chi connectivity index (χ3v) is 2.54. The fourth-order valence-electron chi connectivity index (χ4n) is 1.49. The van der Waals surface area contributed by atoms with E-state index in [0.29, 0.717) is 10.7 Å². The van der Waals surface area contributed by atoms with E-state index in [1.54, 1.807) is 30.6 Å². The van der Waals surface area contributed by atoms with Crippen LogP contribution in [0.5, 0.6) is 0 Å². The molecule has 4 nitrogen and oxygen atoms in total. The average molecular weight is 235 g/mol. The number of hydrogen-bond donors (Lipinski definition) is 3. The van der Waals surface area contributed by atoms with Crippen LogP contribution in [0.4, 0.5) is 0 Å². The highest BCUT2D eigenvalue weighted by molar-refractivity contribution is 6.35. The molecule has 0 aliphatic carbocycles. The van der Waals surface area contributed by atoms with E-state index >= 15 is 0 Å². The smallest absolute Gasteiger partial charge is 0.139 e.